The van der Waals surface area contributed by atoms with Crippen LogP contribution in [0.2, 0.25) is 5.02 Å². The first kappa shape index (κ1) is 23.6. The second kappa shape index (κ2) is 10.5. The molecule has 0 aromatic heterocycles. The third kappa shape index (κ3) is 6.24. The molecule has 0 saturated carbocycles. The monoisotopic (exact) mass is 472 g/mol. The number of nitrogens with zero attached hydrogens (tertiary/aromatic N) is 1. The molecule has 1 amide bonds. The molecule has 0 aliphatic heterocycles. The van der Waals surface area contributed by atoms with Gasteiger partial charge < -0.3 is 10.1 Å². The third-order valence-corrected chi connectivity index (χ3v) is 6.76. The van der Waals surface area contributed by atoms with Crippen molar-refractivity contribution in [1.82, 2.24) is 5.32 Å². The number of carbonyl (C=O) groups is 1. The van der Waals surface area contributed by atoms with Crippen molar-refractivity contribution in [1.29, 1.82) is 0 Å². The number of hydrogen-bond donors (Lipinski definition) is 1. The Labute approximate surface area is 193 Å². The van der Waals surface area contributed by atoms with Crippen LogP contribution in [0.5, 0.6) is 5.75 Å². The summed E-state index contributed by atoms with van der Waals surface area (Å²) in [6.07, 6.45) is 0. The lowest BCUT2D eigenvalue weighted by Crippen LogP contribution is -2.41. The molecule has 1 N–H and O–H groups in total. The maximum Gasteiger partial charge on any atom is 0.264 e. The lowest BCUT2D eigenvalue weighted by atomic mass is 10.2. The molecule has 0 aliphatic rings. The summed E-state index contributed by atoms with van der Waals surface area (Å²) in [4.78, 5) is 12.6. The minimum absolute atomic E-state index is 0.0537. The van der Waals surface area contributed by atoms with Gasteiger partial charge in [0.2, 0.25) is 5.91 Å². The molecule has 3 rings (SSSR count). The first-order valence-corrected chi connectivity index (χ1v) is 11.9. The number of benzene rings is 3. The number of halogens is 1. The van der Waals surface area contributed by atoms with Crippen LogP contribution in [0, 0.1) is 13.8 Å². The smallest absolute Gasteiger partial charge is 0.264 e. The molecule has 0 fully saturated rings. The Hall–Kier alpha value is -3.03. The topological polar surface area (TPSA) is 75.7 Å². The molecule has 168 valence electrons. The van der Waals surface area contributed by atoms with Crippen molar-refractivity contribution in [3.63, 3.8) is 0 Å². The molecule has 0 radical (unpaired) electrons. The van der Waals surface area contributed by atoms with Crippen molar-refractivity contribution in [3.05, 3.63) is 88.9 Å². The van der Waals surface area contributed by atoms with Gasteiger partial charge in [0.15, 0.2) is 0 Å². The summed E-state index contributed by atoms with van der Waals surface area (Å²) < 4.78 is 33.3. The van der Waals surface area contributed by atoms with Gasteiger partial charge in [-0.05, 0) is 62.4 Å². The van der Waals surface area contributed by atoms with Crippen LogP contribution < -0.4 is 14.4 Å². The third-order valence-electron chi connectivity index (χ3n) is 4.72. The first-order chi connectivity index (χ1) is 15.3. The van der Waals surface area contributed by atoms with Gasteiger partial charge in [-0.2, -0.15) is 0 Å². The lowest BCUT2D eigenvalue weighted by molar-refractivity contribution is -0.119. The van der Waals surface area contributed by atoms with E-state index in [0.29, 0.717) is 16.5 Å². The SMILES string of the molecule is Cc1ccc(OCCNC(=O)CN(c2ccc(C)cc2)S(=O)(=O)c2ccc(Cl)cc2)cc1. The molecule has 0 spiro atoms. The summed E-state index contributed by atoms with van der Waals surface area (Å²) in [5.41, 5.74) is 2.51. The van der Waals surface area contributed by atoms with Crippen molar-refractivity contribution >= 4 is 33.2 Å². The Morgan fingerprint density at radius 1 is 0.906 bits per heavy atom. The highest BCUT2D eigenvalue weighted by Crippen LogP contribution is 2.25. The number of rotatable bonds is 9. The van der Waals surface area contributed by atoms with Crippen molar-refractivity contribution in [2.75, 3.05) is 24.0 Å². The summed E-state index contributed by atoms with van der Waals surface area (Å²) in [5.74, 6) is 0.270. The number of sulfonamides is 1. The fourth-order valence-electron chi connectivity index (χ4n) is 2.94. The average molecular weight is 473 g/mol. The zero-order valence-electron chi connectivity index (χ0n) is 17.9. The van der Waals surface area contributed by atoms with Crippen LogP contribution in [0.1, 0.15) is 11.1 Å². The predicted molar refractivity (Wildman–Crippen MR) is 127 cm³/mol. The van der Waals surface area contributed by atoms with E-state index >= 15 is 0 Å². The van der Waals surface area contributed by atoms with Crippen LogP contribution in [0.3, 0.4) is 0 Å². The molecule has 3 aromatic rings. The molecular formula is C24H25ClN2O4S. The van der Waals surface area contributed by atoms with E-state index in [1.54, 1.807) is 24.3 Å². The van der Waals surface area contributed by atoms with Crippen LogP contribution in [0.25, 0.3) is 0 Å². The largest absolute Gasteiger partial charge is 0.492 e. The Morgan fingerprint density at radius 3 is 2.06 bits per heavy atom. The quantitative estimate of drug-likeness (QED) is 0.470. The number of carbonyl (C=O) groups excluding carboxylic acids is 1. The number of ether oxygens (including phenoxy) is 1. The van der Waals surface area contributed by atoms with E-state index in [2.05, 4.69) is 5.32 Å². The highest BCUT2D eigenvalue weighted by Gasteiger charge is 2.27. The summed E-state index contributed by atoms with van der Waals surface area (Å²) >= 11 is 5.90. The highest BCUT2D eigenvalue weighted by atomic mass is 35.5. The Balaban J connectivity index is 1.69. The van der Waals surface area contributed by atoms with E-state index < -0.39 is 15.9 Å². The standard InChI is InChI=1S/C24H25ClN2O4S/c1-18-3-9-21(10-4-18)27(32(29,30)23-13-7-20(25)8-14-23)17-24(28)26-15-16-31-22-11-5-19(2)6-12-22/h3-14H,15-17H2,1-2H3,(H,26,28). The van der Waals surface area contributed by atoms with Gasteiger partial charge in [0.05, 0.1) is 17.1 Å². The highest BCUT2D eigenvalue weighted by molar-refractivity contribution is 7.92. The van der Waals surface area contributed by atoms with Gasteiger partial charge >= 0.3 is 0 Å². The maximum atomic E-state index is 13.3. The Bertz CT molecular complexity index is 1150. The number of anilines is 1. The van der Waals surface area contributed by atoms with Gasteiger partial charge in [-0.25, -0.2) is 8.42 Å². The molecule has 3 aromatic carbocycles. The molecule has 0 bridgehead atoms. The van der Waals surface area contributed by atoms with Crippen LogP contribution in [0.4, 0.5) is 5.69 Å². The zero-order valence-corrected chi connectivity index (χ0v) is 19.5. The lowest BCUT2D eigenvalue weighted by Gasteiger charge is -2.24. The first-order valence-electron chi connectivity index (χ1n) is 10.1. The fourth-order valence-corrected chi connectivity index (χ4v) is 4.49. The van der Waals surface area contributed by atoms with E-state index in [1.165, 1.54) is 24.3 Å². The fraction of sp³-hybridized carbons (Fsp3) is 0.208. The van der Waals surface area contributed by atoms with Crippen molar-refractivity contribution < 1.29 is 17.9 Å². The number of hydrogen-bond acceptors (Lipinski definition) is 4. The van der Waals surface area contributed by atoms with Gasteiger partial charge in [0, 0.05) is 5.02 Å². The second-order valence-electron chi connectivity index (χ2n) is 7.31. The molecule has 0 unspecified atom stereocenters. The van der Waals surface area contributed by atoms with Gasteiger partial charge in [0.25, 0.3) is 10.0 Å². The van der Waals surface area contributed by atoms with Crippen LogP contribution in [-0.2, 0) is 14.8 Å². The van der Waals surface area contributed by atoms with Crippen LogP contribution in [-0.4, -0.2) is 34.0 Å². The summed E-state index contributed by atoms with van der Waals surface area (Å²) in [5, 5.41) is 3.15. The van der Waals surface area contributed by atoms with E-state index in [1.807, 2.05) is 38.1 Å². The maximum absolute atomic E-state index is 13.3. The van der Waals surface area contributed by atoms with E-state index in [9.17, 15) is 13.2 Å². The van der Waals surface area contributed by atoms with Crippen LogP contribution in [0.15, 0.2) is 77.7 Å². The number of nitrogens with one attached hydrogen (secondary N) is 1. The van der Waals surface area contributed by atoms with Crippen molar-refractivity contribution in [2.45, 2.75) is 18.7 Å². The summed E-state index contributed by atoms with van der Waals surface area (Å²) in [7, 11) is -3.97. The van der Waals surface area contributed by atoms with E-state index in [0.717, 1.165) is 15.4 Å². The molecule has 0 aliphatic carbocycles. The van der Waals surface area contributed by atoms with Gasteiger partial charge in [0.1, 0.15) is 18.9 Å². The Morgan fingerprint density at radius 2 is 1.47 bits per heavy atom. The van der Waals surface area contributed by atoms with Gasteiger partial charge in [-0.15, -0.1) is 0 Å². The molecule has 8 heteroatoms. The molecule has 0 atom stereocenters. The summed E-state index contributed by atoms with van der Waals surface area (Å²) in [6.45, 7) is 4.04. The number of aryl methyl sites for hydroxylation is 2. The molecule has 32 heavy (non-hydrogen) atoms. The molecule has 6 nitrogen and oxygen atoms in total. The van der Waals surface area contributed by atoms with Gasteiger partial charge in [-0.3, -0.25) is 9.10 Å². The molecular weight excluding hydrogens is 448 g/mol. The minimum atomic E-state index is -3.97. The predicted octanol–water partition coefficient (Wildman–Crippen LogP) is 4.35. The summed E-state index contributed by atoms with van der Waals surface area (Å²) in [6, 6.07) is 20.4. The zero-order chi connectivity index (χ0) is 23.1. The van der Waals surface area contributed by atoms with Gasteiger partial charge in [-0.1, -0.05) is 47.0 Å². The second-order valence-corrected chi connectivity index (χ2v) is 9.61. The van der Waals surface area contributed by atoms with Crippen molar-refractivity contribution in [2.24, 2.45) is 0 Å². The number of amides is 1. The molecule has 0 saturated heterocycles. The normalized spacial score (nSPS) is 11.1. The van der Waals surface area contributed by atoms with Crippen molar-refractivity contribution in [3.8, 4) is 5.75 Å². The average Bonchev–Trinajstić information content (AvgIpc) is 2.77. The minimum Gasteiger partial charge on any atom is -0.492 e. The van der Waals surface area contributed by atoms with E-state index in [4.69, 9.17) is 16.3 Å². The molecule has 0 heterocycles. The van der Waals surface area contributed by atoms with Crippen LogP contribution >= 0.6 is 11.6 Å². The Kier molecular flexibility index (Phi) is 7.77. The van der Waals surface area contributed by atoms with E-state index in [-0.39, 0.29) is 24.6 Å².